The molecule has 1 aromatic carbocycles. The Morgan fingerprint density at radius 1 is 1.20 bits per heavy atom. The molecule has 0 saturated carbocycles. The van der Waals surface area contributed by atoms with Gasteiger partial charge in [0.2, 0.25) is 0 Å². The third kappa shape index (κ3) is 2.85. The van der Waals surface area contributed by atoms with Gasteiger partial charge in [0.25, 0.3) is 0 Å². The number of hydrogen-bond donors (Lipinski definition) is 1. The van der Waals surface area contributed by atoms with Crippen molar-refractivity contribution >= 4 is 5.69 Å². The second-order valence-electron chi connectivity index (χ2n) is 6.35. The topological polar surface area (TPSA) is 15.3 Å². The summed E-state index contributed by atoms with van der Waals surface area (Å²) >= 11 is 0. The Morgan fingerprint density at radius 2 is 1.90 bits per heavy atom. The summed E-state index contributed by atoms with van der Waals surface area (Å²) in [6, 6.07) is 7.45. The van der Waals surface area contributed by atoms with Crippen LogP contribution in [-0.2, 0) is 0 Å². The van der Waals surface area contributed by atoms with Gasteiger partial charge >= 0.3 is 0 Å². The van der Waals surface area contributed by atoms with E-state index in [4.69, 9.17) is 0 Å². The molecule has 2 rings (SSSR count). The average molecular weight is 274 g/mol. The molecular formula is C18H30N2. The van der Waals surface area contributed by atoms with Crippen molar-refractivity contribution in [3.05, 3.63) is 29.3 Å². The first kappa shape index (κ1) is 15.4. The van der Waals surface area contributed by atoms with Crippen LogP contribution in [0, 0.1) is 13.8 Å². The Kier molecular flexibility index (Phi) is 4.74. The van der Waals surface area contributed by atoms with Crippen molar-refractivity contribution in [3.8, 4) is 0 Å². The first-order valence-electron chi connectivity index (χ1n) is 8.14. The minimum absolute atomic E-state index is 0.280. The van der Waals surface area contributed by atoms with E-state index in [1.165, 1.54) is 36.1 Å². The van der Waals surface area contributed by atoms with Gasteiger partial charge in [-0.1, -0.05) is 32.9 Å². The van der Waals surface area contributed by atoms with Crippen molar-refractivity contribution in [3.63, 3.8) is 0 Å². The molecule has 0 aromatic heterocycles. The van der Waals surface area contributed by atoms with Crippen LogP contribution in [0.1, 0.15) is 51.2 Å². The Labute approximate surface area is 124 Å². The fraction of sp³-hybridized carbons (Fsp3) is 0.667. The molecule has 0 radical (unpaired) electrons. The van der Waals surface area contributed by atoms with Crippen molar-refractivity contribution in [2.24, 2.45) is 0 Å². The Balaban J connectivity index is 2.36. The maximum Gasteiger partial charge on any atom is 0.0413 e. The predicted molar refractivity (Wildman–Crippen MR) is 88.7 cm³/mol. The third-order valence-electron chi connectivity index (χ3n) is 5.13. The number of benzene rings is 1. The third-order valence-corrected chi connectivity index (χ3v) is 5.13. The van der Waals surface area contributed by atoms with Crippen LogP contribution >= 0.6 is 0 Å². The van der Waals surface area contributed by atoms with E-state index in [1.54, 1.807) is 0 Å². The summed E-state index contributed by atoms with van der Waals surface area (Å²) in [4.78, 5) is 2.66. The summed E-state index contributed by atoms with van der Waals surface area (Å²) in [5, 5.41) is 3.83. The van der Waals surface area contributed by atoms with Gasteiger partial charge in [-0.2, -0.15) is 0 Å². The monoisotopic (exact) mass is 274 g/mol. The van der Waals surface area contributed by atoms with Gasteiger partial charge in [-0.15, -0.1) is 0 Å². The van der Waals surface area contributed by atoms with E-state index in [0.717, 1.165) is 13.1 Å². The summed E-state index contributed by atoms with van der Waals surface area (Å²) < 4.78 is 0. The zero-order valence-electron chi connectivity index (χ0n) is 13.8. The summed E-state index contributed by atoms with van der Waals surface area (Å²) in [5.41, 5.74) is 4.47. The van der Waals surface area contributed by atoms with Gasteiger partial charge in [0.15, 0.2) is 0 Å². The Hall–Kier alpha value is -1.02. The lowest BCUT2D eigenvalue weighted by molar-refractivity contribution is 0.246. The number of aryl methyl sites for hydroxylation is 2. The predicted octanol–water partition coefficient (Wildman–Crippen LogP) is 4.05. The normalized spacial score (nSPS) is 22.1. The van der Waals surface area contributed by atoms with Gasteiger partial charge in [-0.3, -0.25) is 0 Å². The van der Waals surface area contributed by atoms with Crippen molar-refractivity contribution in [1.82, 2.24) is 5.32 Å². The van der Waals surface area contributed by atoms with Gasteiger partial charge in [-0.25, -0.2) is 0 Å². The van der Waals surface area contributed by atoms with Crippen LogP contribution in [0.5, 0.6) is 0 Å². The fourth-order valence-electron chi connectivity index (χ4n) is 3.35. The number of nitrogens with zero attached hydrogens (tertiary/aromatic N) is 1. The molecule has 1 fully saturated rings. The maximum atomic E-state index is 3.83. The smallest absolute Gasteiger partial charge is 0.0413 e. The van der Waals surface area contributed by atoms with E-state index in [-0.39, 0.29) is 5.54 Å². The first-order chi connectivity index (χ1) is 9.55. The van der Waals surface area contributed by atoms with Crippen molar-refractivity contribution in [1.29, 1.82) is 0 Å². The van der Waals surface area contributed by atoms with Crippen molar-refractivity contribution < 1.29 is 0 Å². The minimum atomic E-state index is 0.280. The number of hydrogen-bond acceptors (Lipinski definition) is 2. The standard InChI is InChI=1S/C18H30N2/c1-6-16-12-19-18(7-2,8-3)13-20(16)17-11-14(4)9-10-15(17)5/h9-11,16,19H,6-8,12-13H2,1-5H3. The van der Waals surface area contributed by atoms with E-state index in [1.807, 2.05) is 0 Å². The van der Waals surface area contributed by atoms with Gasteiger partial charge in [0, 0.05) is 30.4 Å². The number of rotatable bonds is 4. The number of nitrogens with one attached hydrogen (secondary N) is 1. The second-order valence-corrected chi connectivity index (χ2v) is 6.35. The highest BCUT2D eigenvalue weighted by atomic mass is 15.3. The van der Waals surface area contributed by atoms with E-state index in [0.29, 0.717) is 6.04 Å². The molecule has 0 aliphatic carbocycles. The maximum absolute atomic E-state index is 3.83. The fourth-order valence-corrected chi connectivity index (χ4v) is 3.35. The lowest BCUT2D eigenvalue weighted by Crippen LogP contribution is -2.64. The summed E-state index contributed by atoms with van der Waals surface area (Å²) in [5.74, 6) is 0. The molecular weight excluding hydrogens is 244 g/mol. The van der Waals surface area contributed by atoms with Gasteiger partial charge in [0.05, 0.1) is 0 Å². The highest BCUT2D eigenvalue weighted by Gasteiger charge is 2.36. The van der Waals surface area contributed by atoms with Crippen LogP contribution in [0.25, 0.3) is 0 Å². The minimum Gasteiger partial charge on any atom is -0.365 e. The van der Waals surface area contributed by atoms with Crippen LogP contribution in [0.15, 0.2) is 18.2 Å². The first-order valence-corrected chi connectivity index (χ1v) is 8.14. The van der Waals surface area contributed by atoms with E-state index in [2.05, 4.69) is 63.0 Å². The van der Waals surface area contributed by atoms with Crippen LogP contribution in [-0.4, -0.2) is 24.7 Å². The van der Waals surface area contributed by atoms with Crippen LogP contribution in [0.4, 0.5) is 5.69 Å². The molecule has 112 valence electrons. The van der Waals surface area contributed by atoms with Crippen molar-refractivity contribution in [2.75, 3.05) is 18.0 Å². The Bertz CT molecular complexity index is 449. The highest BCUT2D eigenvalue weighted by molar-refractivity contribution is 5.56. The zero-order valence-corrected chi connectivity index (χ0v) is 13.8. The molecule has 2 nitrogen and oxygen atoms in total. The quantitative estimate of drug-likeness (QED) is 0.891. The molecule has 1 saturated heterocycles. The van der Waals surface area contributed by atoms with Gasteiger partial charge < -0.3 is 10.2 Å². The van der Waals surface area contributed by atoms with Crippen LogP contribution in [0.3, 0.4) is 0 Å². The molecule has 1 aliphatic rings. The molecule has 2 heteroatoms. The molecule has 0 spiro atoms. The molecule has 1 atom stereocenters. The summed E-state index contributed by atoms with van der Waals surface area (Å²) in [6.07, 6.45) is 3.59. The molecule has 0 bridgehead atoms. The van der Waals surface area contributed by atoms with E-state index in [9.17, 15) is 0 Å². The number of anilines is 1. The summed E-state index contributed by atoms with van der Waals surface area (Å²) in [7, 11) is 0. The van der Waals surface area contributed by atoms with Crippen LogP contribution < -0.4 is 10.2 Å². The summed E-state index contributed by atoms with van der Waals surface area (Å²) in [6.45, 7) is 13.6. The molecule has 1 aliphatic heterocycles. The zero-order chi connectivity index (χ0) is 14.8. The van der Waals surface area contributed by atoms with Crippen molar-refractivity contribution in [2.45, 2.75) is 65.5 Å². The van der Waals surface area contributed by atoms with Crippen LogP contribution in [0.2, 0.25) is 0 Å². The molecule has 1 heterocycles. The van der Waals surface area contributed by atoms with Gasteiger partial charge in [-0.05, 0) is 50.3 Å². The van der Waals surface area contributed by atoms with E-state index < -0.39 is 0 Å². The Morgan fingerprint density at radius 3 is 2.50 bits per heavy atom. The molecule has 1 N–H and O–H groups in total. The highest BCUT2D eigenvalue weighted by Crippen LogP contribution is 2.31. The molecule has 1 unspecified atom stereocenters. The lowest BCUT2D eigenvalue weighted by atomic mass is 9.87. The largest absolute Gasteiger partial charge is 0.365 e. The lowest BCUT2D eigenvalue weighted by Gasteiger charge is -2.49. The number of piperazine rings is 1. The average Bonchev–Trinajstić information content (AvgIpc) is 2.49. The molecule has 20 heavy (non-hydrogen) atoms. The second kappa shape index (κ2) is 6.17. The van der Waals surface area contributed by atoms with E-state index >= 15 is 0 Å². The molecule has 0 amide bonds. The van der Waals surface area contributed by atoms with Gasteiger partial charge in [0.1, 0.15) is 0 Å². The molecule has 1 aromatic rings. The SMILES string of the molecule is CCC1CNC(CC)(CC)CN1c1cc(C)ccc1C.